The minimum Gasteiger partial charge on any atom is -0.0836 e. The van der Waals surface area contributed by atoms with Gasteiger partial charge in [-0.25, -0.2) is 0 Å². The molecule has 0 heterocycles. The van der Waals surface area contributed by atoms with Crippen LogP contribution in [0.2, 0.25) is 5.02 Å². The molecule has 2 rings (SSSR count). The fourth-order valence-electron chi connectivity index (χ4n) is 1.32. The lowest BCUT2D eigenvalue weighted by atomic mass is 10.1. The predicted molar refractivity (Wildman–Crippen MR) is 76.1 cm³/mol. The summed E-state index contributed by atoms with van der Waals surface area (Å²) in [6.07, 6.45) is 0. The first-order chi connectivity index (χ1) is 7.16. The molecule has 1 radical (unpaired) electrons. The van der Waals surface area contributed by atoms with E-state index in [1.807, 2.05) is 12.1 Å². The van der Waals surface area contributed by atoms with Gasteiger partial charge in [0.05, 0.1) is 0 Å². The van der Waals surface area contributed by atoms with Crippen molar-refractivity contribution in [1.29, 1.82) is 0 Å². The Morgan fingerprint density at radius 3 is 2.80 bits per heavy atom. The molecule has 0 aromatic heterocycles. The summed E-state index contributed by atoms with van der Waals surface area (Å²) in [7, 11) is 0. The molecule has 0 fully saturated rings. The zero-order chi connectivity index (χ0) is 10.8. The first-order valence-electron chi connectivity index (χ1n) is 4.29. The Labute approximate surface area is 116 Å². The minimum absolute atomic E-state index is 0.722. The molecule has 0 aliphatic rings. The van der Waals surface area contributed by atoms with Crippen molar-refractivity contribution in [3.8, 4) is 11.1 Å². The van der Waals surface area contributed by atoms with E-state index < -0.39 is 0 Å². The maximum absolute atomic E-state index is 6.13. The lowest BCUT2D eigenvalue weighted by Crippen LogP contribution is -1.81. The second-order valence-electron chi connectivity index (χ2n) is 3.05. The molecular formula is C12H6BrClI. The van der Waals surface area contributed by atoms with Gasteiger partial charge in [0.2, 0.25) is 0 Å². The Bertz CT molecular complexity index is 497. The molecule has 2 aromatic rings. The second-order valence-corrected chi connectivity index (χ2v) is 5.56. The molecular weight excluding hydrogens is 386 g/mol. The molecule has 2 aromatic carbocycles. The van der Waals surface area contributed by atoms with Crippen LogP contribution in [0.15, 0.2) is 40.9 Å². The molecule has 0 N–H and O–H groups in total. The number of hydrogen-bond acceptors (Lipinski definition) is 0. The van der Waals surface area contributed by atoms with Gasteiger partial charge in [0.15, 0.2) is 0 Å². The molecule has 0 bridgehead atoms. The second kappa shape index (κ2) is 4.85. The van der Waals surface area contributed by atoms with Crippen LogP contribution in [0.5, 0.6) is 0 Å². The van der Waals surface area contributed by atoms with Crippen LogP contribution in [-0.4, -0.2) is 0 Å². The van der Waals surface area contributed by atoms with Crippen molar-refractivity contribution in [1.82, 2.24) is 0 Å². The third-order valence-corrected chi connectivity index (χ3v) is 3.44. The highest BCUT2D eigenvalue weighted by Gasteiger charge is 2.04. The van der Waals surface area contributed by atoms with Gasteiger partial charge in [0.1, 0.15) is 0 Å². The van der Waals surface area contributed by atoms with Crippen LogP contribution in [0.1, 0.15) is 0 Å². The number of rotatable bonds is 1. The standard InChI is InChI=1S/C12H6BrClI/c13-9-4-5-12(14)11(7-9)8-2-1-3-10(15)6-8/h1-3,5-7H. The Kier molecular flexibility index (Phi) is 3.69. The predicted octanol–water partition coefficient (Wildman–Crippen LogP) is 5.17. The quantitative estimate of drug-likeness (QED) is 0.587. The largest absolute Gasteiger partial charge is 0.0836 e. The zero-order valence-corrected chi connectivity index (χ0v) is 12.1. The summed E-state index contributed by atoms with van der Waals surface area (Å²) < 4.78 is 2.12. The van der Waals surface area contributed by atoms with Crippen LogP contribution in [0.25, 0.3) is 11.1 Å². The van der Waals surface area contributed by atoms with E-state index in [2.05, 4.69) is 62.8 Å². The highest BCUT2D eigenvalue weighted by molar-refractivity contribution is 14.1. The van der Waals surface area contributed by atoms with Gasteiger partial charge in [-0.2, -0.15) is 0 Å². The summed E-state index contributed by atoms with van der Waals surface area (Å²) in [6, 6.07) is 15.0. The Morgan fingerprint density at radius 2 is 2.07 bits per heavy atom. The van der Waals surface area contributed by atoms with Gasteiger partial charge >= 0.3 is 0 Å². The van der Waals surface area contributed by atoms with Crippen LogP contribution in [-0.2, 0) is 0 Å². The average Bonchev–Trinajstić information content (AvgIpc) is 2.22. The normalized spacial score (nSPS) is 10.3. The smallest absolute Gasteiger partial charge is 0.0491 e. The van der Waals surface area contributed by atoms with Crippen LogP contribution in [0.4, 0.5) is 0 Å². The fraction of sp³-hybridized carbons (Fsp3) is 0. The van der Waals surface area contributed by atoms with E-state index in [0.29, 0.717) is 0 Å². The van der Waals surface area contributed by atoms with Gasteiger partial charge in [-0.3, -0.25) is 0 Å². The summed E-state index contributed by atoms with van der Waals surface area (Å²) in [5, 5.41) is 0.722. The molecule has 0 aliphatic heterocycles. The molecule has 0 amide bonds. The lowest BCUT2D eigenvalue weighted by Gasteiger charge is -2.05. The maximum Gasteiger partial charge on any atom is 0.0491 e. The Balaban J connectivity index is 2.58. The van der Waals surface area contributed by atoms with E-state index >= 15 is 0 Å². The monoisotopic (exact) mass is 391 g/mol. The van der Waals surface area contributed by atoms with E-state index in [1.54, 1.807) is 6.07 Å². The summed E-state index contributed by atoms with van der Waals surface area (Å²) in [5.41, 5.74) is 2.16. The molecule has 3 heteroatoms. The number of hydrogen-bond donors (Lipinski definition) is 0. The molecule has 0 saturated carbocycles. The third-order valence-electron chi connectivity index (χ3n) is 2.00. The topological polar surface area (TPSA) is 0 Å². The van der Waals surface area contributed by atoms with E-state index in [4.69, 9.17) is 11.6 Å². The Morgan fingerprint density at radius 1 is 1.27 bits per heavy atom. The average molecular weight is 392 g/mol. The fourth-order valence-corrected chi connectivity index (χ4v) is 2.43. The van der Waals surface area contributed by atoms with Gasteiger partial charge in [0.25, 0.3) is 0 Å². The lowest BCUT2D eigenvalue weighted by molar-refractivity contribution is 1.56. The molecule has 75 valence electrons. The van der Waals surface area contributed by atoms with Gasteiger partial charge in [-0.1, -0.05) is 39.7 Å². The van der Waals surface area contributed by atoms with Crippen LogP contribution in [0.3, 0.4) is 0 Å². The number of benzene rings is 2. The molecule has 0 spiro atoms. The van der Waals surface area contributed by atoms with Gasteiger partial charge in [0, 0.05) is 18.6 Å². The zero-order valence-electron chi connectivity index (χ0n) is 7.60. The molecule has 0 unspecified atom stereocenters. The van der Waals surface area contributed by atoms with Crippen molar-refractivity contribution in [3.63, 3.8) is 0 Å². The summed E-state index contributed by atoms with van der Waals surface area (Å²) in [6.45, 7) is 0. The molecule has 15 heavy (non-hydrogen) atoms. The van der Waals surface area contributed by atoms with E-state index in [1.165, 1.54) is 3.57 Å². The molecule has 0 saturated heterocycles. The molecule has 0 aliphatic carbocycles. The first kappa shape index (κ1) is 11.4. The third kappa shape index (κ3) is 2.74. The van der Waals surface area contributed by atoms with Crippen molar-refractivity contribution in [3.05, 3.63) is 55.5 Å². The Hall–Kier alpha value is -0.0600. The van der Waals surface area contributed by atoms with Gasteiger partial charge in [-0.15, -0.1) is 0 Å². The van der Waals surface area contributed by atoms with Gasteiger partial charge in [-0.05, 0) is 58.5 Å². The van der Waals surface area contributed by atoms with Crippen molar-refractivity contribution < 1.29 is 0 Å². The van der Waals surface area contributed by atoms with Crippen molar-refractivity contribution in [2.24, 2.45) is 0 Å². The highest BCUT2D eigenvalue weighted by Crippen LogP contribution is 2.30. The maximum atomic E-state index is 6.13. The van der Waals surface area contributed by atoms with Crippen molar-refractivity contribution in [2.45, 2.75) is 0 Å². The van der Waals surface area contributed by atoms with Crippen LogP contribution < -0.4 is 0 Å². The number of halogens is 3. The minimum atomic E-state index is 0.722. The summed E-state index contributed by atoms with van der Waals surface area (Å²) >= 11 is 11.8. The van der Waals surface area contributed by atoms with Crippen LogP contribution >= 0.6 is 50.1 Å². The summed E-state index contributed by atoms with van der Waals surface area (Å²) in [4.78, 5) is 0. The van der Waals surface area contributed by atoms with Crippen LogP contribution in [0, 0.1) is 9.64 Å². The van der Waals surface area contributed by atoms with Crippen molar-refractivity contribution in [2.75, 3.05) is 0 Å². The summed E-state index contributed by atoms with van der Waals surface area (Å²) in [5.74, 6) is 0. The molecule has 0 nitrogen and oxygen atoms in total. The first-order valence-corrected chi connectivity index (χ1v) is 6.54. The highest BCUT2D eigenvalue weighted by atomic mass is 127. The van der Waals surface area contributed by atoms with E-state index in [9.17, 15) is 0 Å². The van der Waals surface area contributed by atoms with Crippen molar-refractivity contribution >= 4 is 50.1 Å². The van der Waals surface area contributed by atoms with E-state index in [0.717, 1.165) is 20.6 Å². The molecule has 0 atom stereocenters. The van der Waals surface area contributed by atoms with E-state index in [-0.39, 0.29) is 0 Å². The SMILES string of the molecule is Clc1c[c]c(Br)cc1-c1cccc(I)c1. The van der Waals surface area contributed by atoms with Gasteiger partial charge < -0.3 is 0 Å².